The van der Waals surface area contributed by atoms with Crippen molar-refractivity contribution in [3.63, 3.8) is 0 Å². The first-order chi connectivity index (χ1) is 10.1. The van der Waals surface area contributed by atoms with E-state index in [1.54, 1.807) is 0 Å². The summed E-state index contributed by atoms with van der Waals surface area (Å²) in [6.07, 6.45) is 4.14. The van der Waals surface area contributed by atoms with E-state index in [2.05, 4.69) is 30.9 Å². The number of nitrogens with zero attached hydrogens (tertiary/aromatic N) is 1. The number of aliphatic hydroxyl groups is 1. The van der Waals surface area contributed by atoms with Crippen molar-refractivity contribution in [3.05, 3.63) is 35.4 Å². The number of hydrogen-bond donors (Lipinski definition) is 1. The maximum Gasteiger partial charge on any atom is 0.176 e. The van der Waals surface area contributed by atoms with E-state index in [1.165, 1.54) is 5.56 Å². The Morgan fingerprint density at radius 1 is 1.33 bits per heavy atom. The van der Waals surface area contributed by atoms with E-state index in [0.717, 1.165) is 37.8 Å². The fourth-order valence-corrected chi connectivity index (χ4v) is 3.09. The Hall–Kier alpha value is -1.19. The second kappa shape index (κ2) is 7.71. The van der Waals surface area contributed by atoms with Gasteiger partial charge in [0.05, 0.1) is 6.54 Å². The first kappa shape index (κ1) is 16.2. The third kappa shape index (κ3) is 4.39. The molecule has 1 fully saturated rings. The van der Waals surface area contributed by atoms with E-state index in [4.69, 9.17) is 5.11 Å². The van der Waals surface area contributed by atoms with Crippen LogP contribution in [-0.2, 0) is 0 Å². The Labute approximate surface area is 128 Å². The van der Waals surface area contributed by atoms with Crippen LogP contribution in [0.4, 0.5) is 0 Å². The molecule has 0 spiro atoms. The van der Waals surface area contributed by atoms with Crippen LogP contribution >= 0.6 is 0 Å². The molecule has 1 aliphatic rings. The van der Waals surface area contributed by atoms with E-state index in [1.807, 2.05) is 12.1 Å². The van der Waals surface area contributed by atoms with Crippen LogP contribution < -0.4 is 0 Å². The van der Waals surface area contributed by atoms with Crippen LogP contribution in [0.1, 0.15) is 61.4 Å². The highest BCUT2D eigenvalue weighted by Crippen LogP contribution is 2.22. The average molecular weight is 289 g/mol. The number of carbonyl (C=O) groups is 1. The molecular weight excluding hydrogens is 262 g/mol. The summed E-state index contributed by atoms with van der Waals surface area (Å²) in [6, 6.07) is 8.50. The number of carbonyl (C=O) groups excluding carboxylic acids is 1. The van der Waals surface area contributed by atoms with Gasteiger partial charge in [-0.15, -0.1) is 0 Å². The standard InChI is InChI=1S/C18H27NO2/c1-14(2)15-7-9-16(10-8-15)18(21)13-19-11-3-5-17(19)6-4-12-20/h7-10,14,17,20H,3-6,11-13H2,1-2H3. The van der Waals surface area contributed by atoms with Gasteiger partial charge < -0.3 is 5.11 Å². The maximum absolute atomic E-state index is 12.4. The van der Waals surface area contributed by atoms with Crippen molar-refractivity contribution in [1.82, 2.24) is 4.90 Å². The minimum atomic E-state index is 0.209. The molecule has 0 aromatic heterocycles. The molecule has 1 unspecified atom stereocenters. The zero-order chi connectivity index (χ0) is 15.2. The lowest BCUT2D eigenvalue weighted by molar-refractivity contribution is 0.0915. The predicted molar refractivity (Wildman–Crippen MR) is 85.8 cm³/mol. The maximum atomic E-state index is 12.4. The number of likely N-dealkylation sites (tertiary alicyclic amines) is 1. The largest absolute Gasteiger partial charge is 0.396 e. The molecule has 1 N–H and O–H groups in total. The van der Waals surface area contributed by atoms with Crippen molar-refractivity contribution in [1.29, 1.82) is 0 Å². The molecule has 0 amide bonds. The number of rotatable bonds is 7. The molecule has 1 heterocycles. The van der Waals surface area contributed by atoms with Crippen LogP contribution in [0.15, 0.2) is 24.3 Å². The lowest BCUT2D eigenvalue weighted by Crippen LogP contribution is -2.34. The van der Waals surface area contributed by atoms with E-state index < -0.39 is 0 Å². The number of hydrogen-bond acceptors (Lipinski definition) is 3. The summed E-state index contributed by atoms with van der Waals surface area (Å²) in [4.78, 5) is 14.7. The van der Waals surface area contributed by atoms with E-state index in [-0.39, 0.29) is 12.4 Å². The Morgan fingerprint density at radius 2 is 2.05 bits per heavy atom. The quantitative estimate of drug-likeness (QED) is 0.783. The highest BCUT2D eigenvalue weighted by Gasteiger charge is 2.25. The molecule has 1 saturated heterocycles. The molecule has 1 atom stereocenters. The van der Waals surface area contributed by atoms with Crippen molar-refractivity contribution < 1.29 is 9.90 Å². The first-order valence-electron chi connectivity index (χ1n) is 8.10. The zero-order valence-corrected chi connectivity index (χ0v) is 13.2. The smallest absolute Gasteiger partial charge is 0.176 e. The lowest BCUT2D eigenvalue weighted by atomic mass is 10.0. The van der Waals surface area contributed by atoms with Gasteiger partial charge >= 0.3 is 0 Å². The van der Waals surface area contributed by atoms with Crippen molar-refractivity contribution in [3.8, 4) is 0 Å². The van der Waals surface area contributed by atoms with E-state index in [9.17, 15) is 4.79 Å². The number of aliphatic hydroxyl groups excluding tert-OH is 1. The van der Waals surface area contributed by atoms with Gasteiger partial charge in [0, 0.05) is 18.2 Å². The molecule has 0 bridgehead atoms. The van der Waals surface area contributed by atoms with Crippen molar-refractivity contribution in [2.45, 2.75) is 51.5 Å². The van der Waals surface area contributed by atoms with E-state index in [0.29, 0.717) is 18.5 Å². The minimum absolute atomic E-state index is 0.209. The summed E-state index contributed by atoms with van der Waals surface area (Å²) in [5.74, 6) is 0.705. The van der Waals surface area contributed by atoms with Crippen LogP contribution in [0.3, 0.4) is 0 Å². The fraction of sp³-hybridized carbons (Fsp3) is 0.611. The molecule has 1 aromatic rings. The monoisotopic (exact) mass is 289 g/mol. The molecule has 3 heteroatoms. The van der Waals surface area contributed by atoms with Crippen molar-refractivity contribution in [2.75, 3.05) is 19.7 Å². The first-order valence-corrected chi connectivity index (χ1v) is 8.10. The summed E-state index contributed by atoms with van der Waals surface area (Å²) in [6.45, 7) is 6.08. The molecular formula is C18H27NO2. The Kier molecular flexibility index (Phi) is 5.95. The van der Waals surface area contributed by atoms with Gasteiger partial charge in [0.15, 0.2) is 5.78 Å². The molecule has 1 aliphatic heterocycles. The lowest BCUT2D eigenvalue weighted by Gasteiger charge is -2.23. The summed E-state index contributed by atoms with van der Waals surface area (Å²) in [7, 11) is 0. The van der Waals surface area contributed by atoms with Crippen LogP contribution in [0.2, 0.25) is 0 Å². The third-order valence-electron chi connectivity index (χ3n) is 4.44. The minimum Gasteiger partial charge on any atom is -0.396 e. The molecule has 116 valence electrons. The van der Waals surface area contributed by atoms with Gasteiger partial charge in [0.25, 0.3) is 0 Å². The number of Topliss-reactive ketones (excluding diaryl/α,β-unsaturated/α-hetero) is 1. The summed E-state index contributed by atoms with van der Waals surface area (Å²) in [5, 5.41) is 8.96. The van der Waals surface area contributed by atoms with Gasteiger partial charge in [-0.25, -0.2) is 0 Å². The molecule has 1 aromatic carbocycles. The number of benzene rings is 1. The Bertz CT molecular complexity index is 453. The van der Waals surface area contributed by atoms with Crippen LogP contribution in [0, 0.1) is 0 Å². The summed E-state index contributed by atoms with van der Waals surface area (Å²) < 4.78 is 0. The topological polar surface area (TPSA) is 40.5 Å². The Balaban J connectivity index is 1.94. The molecule has 3 nitrogen and oxygen atoms in total. The van der Waals surface area contributed by atoms with Gasteiger partial charge in [0.1, 0.15) is 0 Å². The summed E-state index contributed by atoms with van der Waals surface area (Å²) in [5.41, 5.74) is 2.08. The molecule has 0 aliphatic carbocycles. The normalized spacial score (nSPS) is 19.3. The molecule has 0 radical (unpaired) electrons. The highest BCUT2D eigenvalue weighted by molar-refractivity contribution is 5.97. The van der Waals surface area contributed by atoms with Gasteiger partial charge in [-0.3, -0.25) is 9.69 Å². The van der Waals surface area contributed by atoms with Crippen molar-refractivity contribution >= 4 is 5.78 Å². The average Bonchev–Trinajstić information content (AvgIpc) is 2.92. The second-order valence-corrected chi connectivity index (χ2v) is 6.33. The van der Waals surface area contributed by atoms with Crippen LogP contribution in [0.25, 0.3) is 0 Å². The Morgan fingerprint density at radius 3 is 2.67 bits per heavy atom. The van der Waals surface area contributed by atoms with E-state index >= 15 is 0 Å². The second-order valence-electron chi connectivity index (χ2n) is 6.33. The van der Waals surface area contributed by atoms with Gasteiger partial charge in [-0.2, -0.15) is 0 Å². The van der Waals surface area contributed by atoms with Gasteiger partial charge in [-0.1, -0.05) is 38.1 Å². The van der Waals surface area contributed by atoms with Gasteiger partial charge in [-0.05, 0) is 43.7 Å². The van der Waals surface area contributed by atoms with Crippen molar-refractivity contribution in [2.24, 2.45) is 0 Å². The SMILES string of the molecule is CC(C)c1ccc(C(=O)CN2CCCC2CCCO)cc1. The zero-order valence-electron chi connectivity index (χ0n) is 13.2. The van der Waals surface area contributed by atoms with Gasteiger partial charge in [0.2, 0.25) is 0 Å². The summed E-state index contributed by atoms with van der Waals surface area (Å²) >= 11 is 0. The number of ketones is 1. The predicted octanol–water partition coefficient (Wildman–Crippen LogP) is 3.23. The third-order valence-corrected chi connectivity index (χ3v) is 4.44. The van der Waals surface area contributed by atoms with Crippen LogP contribution in [-0.4, -0.2) is 41.5 Å². The molecule has 21 heavy (non-hydrogen) atoms. The highest BCUT2D eigenvalue weighted by atomic mass is 16.2. The van der Waals surface area contributed by atoms with Crippen LogP contribution in [0.5, 0.6) is 0 Å². The fourth-order valence-electron chi connectivity index (χ4n) is 3.09. The molecule has 0 saturated carbocycles. The molecule has 2 rings (SSSR count).